The maximum Gasteiger partial charge on any atom is 0.276 e. The lowest BCUT2D eigenvalue weighted by Crippen LogP contribution is -2.41. The molecular formula is C14H24N2O3S. The molecule has 0 aromatic carbocycles. The van der Waals surface area contributed by atoms with Crippen molar-refractivity contribution in [2.45, 2.75) is 44.7 Å². The molecule has 2 heterocycles. The van der Waals surface area contributed by atoms with Crippen LogP contribution in [0.3, 0.4) is 0 Å². The van der Waals surface area contributed by atoms with E-state index in [1.165, 1.54) is 0 Å². The Morgan fingerprint density at radius 1 is 1.35 bits per heavy atom. The molecule has 1 aromatic rings. The third-order valence-electron chi connectivity index (χ3n) is 4.37. The second-order valence-corrected chi connectivity index (χ2v) is 7.69. The average Bonchev–Trinajstić information content (AvgIpc) is 2.89. The minimum absolute atomic E-state index is 0.0582. The summed E-state index contributed by atoms with van der Waals surface area (Å²) in [5.74, 6) is 0.640. The van der Waals surface area contributed by atoms with Gasteiger partial charge in [0.15, 0.2) is 0 Å². The molecule has 1 saturated heterocycles. The maximum absolute atomic E-state index is 12.5. The molecule has 0 bridgehead atoms. The molecule has 0 spiro atoms. The van der Waals surface area contributed by atoms with Crippen LogP contribution in [-0.4, -0.2) is 32.9 Å². The quantitative estimate of drug-likeness (QED) is 0.905. The van der Waals surface area contributed by atoms with E-state index in [1.54, 1.807) is 23.5 Å². The molecule has 1 aromatic heterocycles. The Labute approximate surface area is 121 Å². The normalized spacial score (nSPS) is 20.1. The highest BCUT2D eigenvalue weighted by molar-refractivity contribution is 7.89. The van der Waals surface area contributed by atoms with Crippen molar-refractivity contribution in [2.75, 3.05) is 20.1 Å². The van der Waals surface area contributed by atoms with Crippen LogP contribution in [0.1, 0.15) is 38.9 Å². The summed E-state index contributed by atoms with van der Waals surface area (Å²) >= 11 is 0. The topological polar surface area (TPSA) is 62.6 Å². The molecule has 5 nitrogen and oxygen atoms in total. The summed E-state index contributed by atoms with van der Waals surface area (Å²) in [6.45, 7) is 6.09. The van der Waals surface area contributed by atoms with Gasteiger partial charge in [-0.25, -0.2) is 8.42 Å². The van der Waals surface area contributed by atoms with Crippen LogP contribution in [0.25, 0.3) is 0 Å². The lowest BCUT2D eigenvalue weighted by molar-refractivity contribution is 0.167. The monoisotopic (exact) mass is 300 g/mol. The van der Waals surface area contributed by atoms with E-state index in [-0.39, 0.29) is 10.5 Å². The Balaban J connectivity index is 2.11. The SMILES string of the molecule is CCC1(C)CCN(S(=O)(=O)c2ccc(CNC)o2)CC1. The van der Waals surface area contributed by atoms with E-state index in [2.05, 4.69) is 19.2 Å². The molecule has 0 radical (unpaired) electrons. The molecule has 0 amide bonds. The summed E-state index contributed by atoms with van der Waals surface area (Å²) < 4.78 is 32.0. The van der Waals surface area contributed by atoms with Crippen LogP contribution >= 0.6 is 0 Å². The van der Waals surface area contributed by atoms with Gasteiger partial charge in [-0.1, -0.05) is 20.3 Å². The number of furan rings is 1. The Morgan fingerprint density at radius 2 is 2.00 bits per heavy atom. The second-order valence-electron chi connectivity index (χ2n) is 5.82. The van der Waals surface area contributed by atoms with Crippen molar-refractivity contribution in [3.63, 3.8) is 0 Å². The summed E-state index contributed by atoms with van der Waals surface area (Å²) in [5.41, 5.74) is 0.270. The summed E-state index contributed by atoms with van der Waals surface area (Å²) in [6, 6.07) is 3.26. The fourth-order valence-corrected chi connectivity index (χ4v) is 3.88. The van der Waals surface area contributed by atoms with Gasteiger partial charge >= 0.3 is 0 Å². The van der Waals surface area contributed by atoms with E-state index in [4.69, 9.17) is 4.42 Å². The number of sulfonamides is 1. The molecular weight excluding hydrogens is 276 g/mol. The first-order valence-electron chi connectivity index (χ1n) is 7.15. The van der Waals surface area contributed by atoms with Crippen molar-refractivity contribution in [2.24, 2.45) is 5.41 Å². The van der Waals surface area contributed by atoms with Gasteiger partial charge < -0.3 is 9.73 Å². The van der Waals surface area contributed by atoms with Crippen LogP contribution in [0.4, 0.5) is 0 Å². The van der Waals surface area contributed by atoms with Crippen LogP contribution in [-0.2, 0) is 16.6 Å². The maximum atomic E-state index is 12.5. The Hall–Kier alpha value is -0.850. The van der Waals surface area contributed by atoms with Crippen molar-refractivity contribution in [1.29, 1.82) is 0 Å². The predicted octanol–water partition coefficient (Wildman–Crippen LogP) is 2.20. The third kappa shape index (κ3) is 3.07. The number of rotatable bonds is 5. The van der Waals surface area contributed by atoms with Crippen molar-refractivity contribution in [3.8, 4) is 0 Å². The first kappa shape index (κ1) is 15.5. The number of piperidine rings is 1. The van der Waals surface area contributed by atoms with Gasteiger partial charge in [0.25, 0.3) is 10.0 Å². The van der Waals surface area contributed by atoms with Gasteiger partial charge in [0.2, 0.25) is 5.09 Å². The molecule has 0 saturated carbocycles. The molecule has 1 aliphatic rings. The highest BCUT2D eigenvalue weighted by Crippen LogP contribution is 2.35. The number of nitrogens with one attached hydrogen (secondary N) is 1. The number of hydrogen-bond donors (Lipinski definition) is 1. The van der Waals surface area contributed by atoms with E-state index in [0.29, 0.717) is 25.4 Å². The molecule has 0 unspecified atom stereocenters. The summed E-state index contributed by atoms with van der Waals surface area (Å²) in [5, 5.41) is 3.00. The van der Waals surface area contributed by atoms with E-state index in [9.17, 15) is 8.42 Å². The lowest BCUT2D eigenvalue weighted by Gasteiger charge is -2.37. The largest absolute Gasteiger partial charge is 0.447 e. The van der Waals surface area contributed by atoms with Gasteiger partial charge in [-0.05, 0) is 37.4 Å². The minimum Gasteiger partial charge on any atom is -0.447 e. The van der Waals surface area contributed by atoms with Crippen LogP contribution in [0, 0.1) is 5.41 Å². The van der Waals surface area contributed by atoms with Crippen LogP contribution in [0.15, 0.2) is 21.6 Å². The molecule has 1 aliphatic heterocycles. The number of hydrogen-bond acceptors (Lipinski definition) is 4. The molecule has 6 heteroatoms. The molecule has 0 aliphatic carbocycles. The highest BCUT2D eigenvalue weighted by atomic mass is 32.2. The van der Waals surface area contributed by atoms with Crippen molar-refractivity contribution in [1.82, 2.24) is 9.62 Å². The summed E-state index contributed by atoms with van der Waals surface area (Å²) in [7, 11) is -1.68. The minimum atomic E-state index is -3.48. The van der Waals surface area contributed by atoms with E-state index >= 15 is 0 Å². The fourth-order valence-electron chi connectivity index (χ4n) is 2.51. The predicted molar refractivity (Wildman–Crippen MR) is 77.9 cm³/mol. The van der Waals surface area contributed by atoms with Gasteiger partial charge in [0.1, 0.15) is 5.76 Å². The van der Waals surface area contributed by atoms with Crippen molar-refractivity contribution < 1.29 is 12.8 Å². The van der Waals surface area contributed by atoms with Crippen LogP contribution in [0.5, 0.6) is 0 Å². The molecule has 20 heavy (non-hydrogen) atoms. The van der Waals surface area contributed by atoms with Crippen LogP contribution in [0.2, 0.25) is 0 Å². The zero-order valence-electron chi connectivity index (χ0n) is 12.5. The first-order valence-corrected chi connectivity index (χ1v) is 8.59. The van der Waals surface area contributed by atoms with Gasteiger partial charge in [-0.3, -0.25) is 0 Å². The van der Waals surface area contributed by atoms with Gasteiger partial charge in [-0.2, -0.15) is 4.31 Å². The second kappa shape index (κ2) is 5.87. The lowest BCUT2D eigenvalue weighted by atomic mass is 9.79. The zero-order chi connectivity index (χ0) is 14.8. The highest BCUT2D eigenvalue weighted by Gasteiger charge is 2.35. The van der Waals surface area contributed by atoms with E-state index in [1.807, 2.05) is 0 Å². The molecule has 0 atom stereocenters. The summed E-state index contributed by atoms with van der Waals surface area (Å²) in [6.07, 6.45) is 2.91. The van der Waals surface area contributed by atoms with Gasteiger partial charge in [0, 0.05) is 13.1 Å². The average molecular weight is 300 g/mol. The van der Waals surface area contributed by atoms with E-state index < -0.39 is 10.0 Å². The van der Waals surface area contributed by atoms with Crippen molar-refractivity contribution in [3.05, 3.63) is 17.9 Å². The van der Waals surface area contributed by atoms with Crippen molar-refractivity contribution >= 4 is 10.0 Å². The Bertz CT molecular complexity index is 543. The number of nitrogens with zero attached hydrogens (tertiary/aromatic N) is 1. The standard InChI is InChI=1S/C14H24N2O3S/c1-4-14(2)7-9-16(10-8-14)20(17,18)13-6-5-12(19-13)11-15-3/h5-6,15H,4,7-11H2,1-3H3. The van der Waals surface area contributed by atoms with Crippen LogP contribution < -0.4 is 5.32 Å². The molecule has 2 rings (SSSR count). The Morgan fingerprint density at radius 3 is 2.55 bits per heavy atom. The summed E-state index contributed by atoms with van der Waals surface area (Å²) in [4.78, 5) is 0. The zero-order valence-corrected chi connectivity index (χ0v) is 13.3. The van der Waals surface area contributed by atoms with Gasteiger partial charge in [-0.15, -0.1) is 0 Å². The third-order valence-corrected chi connectivity index (χ3v) is 6.14. The molecule has 114 valence electrons. The smallest absolute Gasteiger partial charge is 0.276 e. The van der Waals surface area contributed by atoms with E-state index in [0.717, 1.165) is 19.3 Å². The Kier molecular flexibility index (Phi) is 4.56. The molecule has 1 fully saturated rings. The first-order chi connectivity index (χ1) is 9.41. The molecule has 1 N–H and O–H groups in total. The van der Waals surface area contributed by atoms with Gasteiger partial charge in [0.05, 0.1) is 6.54 Å². The fraction of sp³-hybridized carbons (Fsp3) is 0.714.